The van der Waals surface area contributed by atoms with Crippen LogP contribution in [0.25, 0.3) is 21.9 Å². The zero-order chi connectivity index (χ0) is 46.6. The van der Waals surface area contributed by atoms with Gasteiger partial charge in [-0.2, -0.15) is 0 Å². The number of hydrogen-bond donors (Lipinski definition) is 0. The van der Waals surface area contributed by atoms with Crippen LogP contribution in [-0.4, -0.2) is 12.3 Å². The van der Waals surface area contributed by atoms with Crippen LogP contribution >= 0.6 is 0 Å². The second-order valence-electron chi connectivity index (χ2n) is 23.8. The molecular weight excluding hydrogens is 814 g/mol. The predicted octanol–water partition coefficient (Wildman–Crippen LogP) is 15.3. The van der Waals surface area contributed by atoms with Gasteiger partial charge in [-0.3, -0.25) is 0 Å². The van der Waals surface area contributed by atoms with Crippen molar-refractivity contribution in [3.05, 3.63) is 162 Å². The van der Waals surface area contributed by atoms with Crippen molar-refractivity contribution in [2.45, 2.75) is 129 Å². The molecule has 1 aromatic heterocycles. The number of furan rings is 1. The topological polar surface area (TPSA) is 22.9 Å². The van der Waals surface area contributed by atoms with Crippen LogP contribution in [0.1, 0.15) is 124 Å². The third kappa shape index (κ3) is 6.05. The molecular formula is C62H64BN3O. The van der Waals surface area contributed by atoms with Crippen molar-refractivity contribution < 1.29 is 4.42 Å². The molecule has 2 unspecified atom stereocenters. The number of nitrogens with zero attached hydrogens (tertiary/aromatic N) is 3. The minimum absolute atomic E-state index is 0.000214. The standard InChI is InChI=1S/C62H64BN3O/c1-58(2,3)39-20-18-21-42(34-39)64-51-35-40(59(4,5)6)28-30-47(51)63-48-31-29-41(60(7,8)9)36-52(48)65(50-26-19-23-45-44-22-12-15-27-55(44)67-57(45)50)54-38-43(37-53(64)56(54)63)66-49-25-14-13-24-46(49)61(10)32-16-17-33-62(61,66)11/h12-15,18-31,34-38H,16-17,32-33H2,1-11H3. The number of para-hydroxylation sites is 3. The number of fused-ring (bicyclic) bond motifs is 10. The van der Waals surface area contributed by atoms with E-state index in [1.54, 1.807) is 0 Å². The lowest BCUT2D eigenvalue weighted by atomic mass is 9.33. The molecule has 0 spiro atoms. The van der Waals surface area contributed by atoms with Crippen LogP contribution in [0.3, 0.4) is 0 Å². The van der Waals surface area contributed by atoms with Crippen molar-refractivity contribution in [1.29, 1.82) is 0 Å². The second-order valence-corrected chi connectivity index (χ2v) is 23.8. The highest BCUT2D eigenvalue weighted by Crippen LogP contribution is 2.62. The fourth-order valence-corrected chi connectivity index (χ4v) is 12.7. The van der Waals surface area contributed by atoms with Gasteiger partial charge in [-0.05, 0) is 129 Å². The zero-order valence-corrected chi connectivity index (χ0v) is 41.4. The van der Waals surface area contributed by atoms with E-state index in [0.717, 1.165) is 34.0 Å². The summed E-state index contributed by atoms with van der Waals surface area (Å²) in [6, 6.07) is 53.9. The minimum Gasteiger partial charge on any atom is -0.454 e. The molecule has 8 aromatic rings. The summed E-state index contributed by atoms with van der Waals surface area (Å²) >= 11 is 0. The van der Waals surface area contributed by atoms with Crippen LogP contribution in [0.15, 0.2) is 144 Å². The average Bonchev–Trinajstić information content (AvgIpc) is 3.78. The Morgan fingerprint density at radius 3 is 1.75 bits per heavy atom. The Balaban J connectivity index is 1.24. The molecule has 2 atom stereocenters. The van der Waals surface area contributed by atoms with Gasteiger partial charge in [0.25, 0.3) is 6.71 Å². The van der Waals surface area contributed by atoms with Gasteiger partial charge in [-0.25, -0.2) is 0 Å². The molecule has 336 valence electrons. The molecule has 0 bridgehead atoms. The summed E-state index contributed by atoms with van der Waals surface area (Å²) in [5, 5.41) is 2.27. The summed E-state index contributed by atoms with van der Waals surface area (Å²) in [7, 11) is 0. The molecule has 0 N–H and O–H groups in total. The van der Waals surface area contributed by atoms with Gasteiger partial charge in [-0.15, -0.1) is 0 Å². The normalized spacial score (nSPS) is 19.9. The number of anilines is 8. The van der Waals surface area contributed by atoms with E-state index in [1.165, 1.54) is 97.7 Å². The van der Waals surface area contributed by atoms with Crippen LogP contribution in [-0.2, 0) is 21.7 Å². The SMILES string of the molecule is CC(C)(C)c1cccc(N2c3cc(C(C)(C)C)ccc3B3c4ccc(C(C)(C)C)cc4N(c4cccc5c4oc4ccccc45)c4cc(N5c6ccccc6C6(C)CCCCC56C)cc2c43)c1. The van der Waals surface area contributed by atoms with E-state index in [4.69, 9.17) is 4.42 Å². The smallest absolute Gasteiger partial charge is 0.252 e. The van der Waals surface area contributed by atoms with Crippen LogP contribution in [0, 0.1) is 0 Å². The molecule has 1 saturated carbocycles. The summed E-state index contributed by atoms with van der Waals surface area (Å²) < 4.78 is 7.01. The predicted molar refractivity (Wildman–Crippen MR) is 287 cm³/mol. The van der Waals surface area contributed by atoms with Gasteiger partial charge in [-0.1, -0.05) is 167 Å². The molecule has 4 aliphatic rings. The highest BCUT2D eigenvalue weighted by atomic mass is 16.3. The monoisotopic (exact) mass is 878 g/mol. The lowest BCUT2D eigenvalue weighted by Crippen LogP contribution is -2.61. The highest BCUT2D eigenvalue weighted by Gasteiger charge is 2.58. The van der Waals surface area contributed by atoms with Gasteiger partial charge in [0.2, 0.25) is 0 Å². The van der Waals surface area contributed by atoms with Crippen molar-refractivity contribution in [3.63, 3.8) is 0 Å². The highest BCUT2D eigenvalue weighted by molar-refractivity contribution is 7.00. The first-order chi connectivity index (χ1) is 31.9. The molecule has 1 fully saturated rings. The van der Waals surface area contributed by atoms with E-state index in [1.807, 2.05) is 0 Å². The Labute approximate surface area is 398 Å². The van der Waals surface area contributed by atoms with E-state index in [0.29, 0.717) is 0 Å². The van der Waals surface area contributed by atoms with Crippen LogP contribution < -0.4 is 31.1 Å². The van der Waals surface area contributed by atoms with E-state index in [2.05, 4.69) is 230 Å². The molecule has 1 aliphatic carbocycles. The minimum atomic E-state index is -0.131. The van der Waals surface area contributed by atoms with Crippen molar-refractivity contribution in [1.82, 2.24) is 0 Å². The van der Waals surface area contributed by atoms with Gasteiger partial charge < -0.3 is 19.1 Å². The molecule has 5 heteroatoms. The van der Waals surface area contributed by atoms with Gasteiger partial charge in [0.1, 0.15) is 5.58 Å². The first-order valence-electron chi connectivity index (χ1n) is 24.8. The molecule has 4 nitrogen and oxygen atoms in total. The number of hydrogen-bond acceptors (Lipinski definition) is 4. The molecule has 0 radical (unpaired) electrons. The Morgan fingerprint density at radius 2 is 1.04 bits per heavy atom. The summed E-state index contributed by atoms with van der Waals surface area (Å²) in [6.45, 7) is 26.2. The van der Waals surface area contributed by atoms with E-state index in [9.17, 15) is 0 Å². The molecule has 0 amide bonds. The van der Waals surface area contributed by atoms with Crippen LogP contribution in [0.4, 0.5) is 45.5 Å². The Bertz CT molecular complexity index is 3340. The molecule has 4 heterocycles. The summed E-state index contributed by atoms with van der Waals surface area (Å²) in [5.74, 6) is 0. The summed E-state index contributed by atoms with van der Waals surface area (Å²) in [5.41, 5.74) is 20.7. The average molecular weight is 878 g/mol. The quantitative estimate of drug-likeness (QED) is 0.165. The molecule has 7 aromatic carbocycles. The summed E-state index contributed by atoms with van der Waals surface area (Å²) in [6.07, 6.45) is 4.77. The van der Waals surface area contributed by atoms with Gasteiger partial charge in [0.15, 0.2) is 5.58 Å². The third-order valence-electron chi connectivity index (χ3n) is 16.7. The van der Waals surface area contributed by atoms with E-state index < -0.39 is 0 Å². The lowest BCUT2D eigenvalue weighted by Gasteiger charge is -2.51. The Morgan fingerprint density at radius 1 is 0.478 bits per heavy atom. The first kappa shape index (κ1) is 42.2. The fourth-order valence-electron chi connectivity index (χ4n) is 12.7. The fraction of sp³-hybridized carbons (Fsp3) is 0.323. The molecule has 67 heavy (non-hydrogen) atoms. The maximum atomic E-state index is 7.01. The maximum Gasteiger partial charge on any atom is 0.252 e. The Hall–Kier alpha value is -6.20. The second kappa shape index (κ2) is 14.2. The number of rotatable bonds is 3. The van der Waals surface area contributed by atoms with Gasteiger partial charge >= 0.3 is 0 Å². The van der Waals surface area contributed by atoms with E-state index in [-0.39, 0.29) is 33.9 Å². The van der Waals surface area contributed by atoms with E-state index >= 15 is 0 Å². The van der Waals surface area contributed by atoms with Crippen molar-refractivity contribution in [2.24, 2.45) is 0 Å². The third-order valence-corrected chi connectivity index (χ3v) is 16.7. The molecule has 12 rings (SSSR count). The van der Waals surface area contributed by atoms with Gasteiger partial charge in [0.05, 0.1) is 11.2 Å². The maximum absolute atomic E-state index is 7.01. The lowest BCUT2D eigenvalue weighted by molar-refractivity contribution is 0.195. The van der Waals surface area contributed by atoms with Crippen molar-refractivity contribution in [2.75, 3.05) is 14.7 Å². The summed E-state index contributed by atoms with van der Waals surface area (Å²) in [4.78, 5) is 8.01. The Kier molecular flexibility index (Phi) is 8.92. The molecule has 0 saturated heterocycles. The number of benzene rings is 7. The largest absolute Gasteiger partial charge is 0.454 e. The van der Waals surface area contributed by atoms with Crippen LogP contribution in [0.2, 0.25) is 0 Å². The first-order valence-corrected chi connectivity index (χ1v) is 24.8. The van der Waals surface area contributed by atoms with Gasteiger partial charge in [0, 0.05) is 56.0 Å². The van der Waals surface area contributed by atoms with Crippen LogP contribution in [0.5, 0.6) is 0 Å². The van der Waals surface area contributed by atoms with Crippen molar-refractivity contribution in [3.8, 4) is 0 Å². The molecule has 3 aliphatic heterocycles. The van der Waals surface area contributed by atoms with Crippen molar-refractivity contribution >= 4 is 90.5 Å². The zero-order valence-electron chi connectivity index (χ0n) is 41.4.